The molecule has 104 valence electrons. The molecule has 1 heterocycles. The van der Waals surface area contributed by atoms with Gasteiger partial charge in [-0.2, -0.15) is 0 Å². The molecule has 1 fully saturated rings. The molecule has 0 unspecified atom stereocenters. The number of likely N-dealkylation sites (tertiary alicyclic amines) is 1. The van der Waals surface area contributed by atoms with Crippen molar-refractivity contribution in [3.63, 3.8) is 0 Å². The average molecular weight is 270 g/mol. The summed E-state index contributed by atoms with van der Waals surface area (Å²) < 4.78 is 0. The highest BCUT2D eigenvalue weighted by atomic mass is 32.1. The summed E-state index contributed by atoms with van der Waals surface area (Å²) >= 11 is 5.00. The number of thiocarbonyl (C=S) groups is 1. The van der Waals surface area contributed by atoms with Crippen molar-refractivity contribution in [1.29, 1.82) is 0 Å². The molecule has 0 aromatic heterocycles. The van der Waals surface area contributed by atoms with Gasteiger partial charge in [-0.1, -0.05) is 38.9 Å². The van der Waals surface area contributed by atoms with Crippen molar-refractivity contribution >= 4 is 23.1 Å². The second-order valence-electron chi connectivity index (χ2n) is 5.99. The first kappa shape index (κ1) is 15.4. The van der Waals surface area contributed by atoms with Crippen molar-refractivity contribution in [3.05, 3.63) is 0 Å². The van der Waals surface area contributed by atoms with Gasteiger partial charge in [0.25, 0.3) is 0 Å². The standard InChI is InChI=1S/C14H26N2OS/c1-5-14(6-2)7-9-16(10-8-14)12(17)13(3,4)11(15)18/h5-10H2,1-4H3,(H2,15,18). The molecule has 2 N–H and O–H groups in total. The second-order valence-corrected chi connectivity index (χ2v) is 6.43. The molecule has 0 atom stereocenters. The minimum atomic E-state index is -0.715. The molecule has 0 aliphatic carbocycles. The summed E-state index contributed by atoms with van der Waals surface area (Å²) in [6.07, 6.45) is 4.59. The number of nitrogens with two attached hydrogens (primary N) is 1. The van der Waals surface area contributed by atoms with E-state index in [1.165, 1.54) is 12.8 Å². The third-order valence-electron chi connectivity index (χ3n) is 4.76. The molecular formula is C14H26N2OS. The van der Waals surface area contributed by atoms with Gasteiger partial charge in [0.15, 0.2) is 0 Å². The summed E-state index contributed by atoms with van der Waals surface area (Å²) in [5, 5.41) is 0. The number of piperidine rings is 1. The molecule has 1 rings (SSSR count). The van der Waals surface area contributed by atoms with Crippen molar-refractivity contribution in [2.24, 2.45) is 16.6 Å². The Balaban J connectivity index is 2.69. The van der Waals surface area contributed by atoms with Crippen LogP contribution in [0.4, 0.5) is 0 Å². The topological polar surface area (TPSA) is 46.3 Å². The fraction of sp³-hybridized carbons (Fsp3) is 0.857. The van der Waals surface area contributed by atoms with Crippen LogP contribution >= 0.6 is 12.2 Å². The summed E-state index contributed by atoms with van der Waals surface area (Å²) in [6, 6.07) is 0. The van der Waals surface area contributed by atoms with E-state index < -0.39 is 5.41 Å². The highest BCUT2D eigenvalue weighted by molar-refractivity contribution is 7.80. The molecule has 1 saturated heterocycles. The smallest absolute Gasteiger partial charge is 0.235 e. The number of carbonyl (C=O) groups excluding carboxylic acids is 1. The van der Waals surface area contributed by atoms with Gasteiger partial charge in [-0.25, -0.2) is 0 Å². The van der Waals surface area contributed by atoms with Crippen molar-refractivity contribution < 1.29 is 4.79 Å². The number of rotatable bonds is 4. The number of carbonyl (C=O) groups is 1. The number of nitrogens with zero attached hydrogens (tertiary/aromatic N) is 1. The number of hydrogen-bond donors (Lipinski definition) is 1. The monoisotopic (exact) mass is 270 g/mol. The highest BCUT2D eigenvalue weighted by Crippen LogP contribution is 2.38. The first-order valence-electron chi connectivity index (χ1n) is 6.88. The van der Waals surface area contributed by atoms with E-state index in [2.05, 4.69) is 13.8 Å². The summed E-state index contributed by atoms with van der Waals surface area (Å²) in [5.74, 6) is 0.0795. The Labute approximate surface area is 116 Å². The average Bonchev–Trinajstić information content (AvgIpc) is 2.37. The van der Waals surface area contributed by atoms with Crippen molar-refractivity contribution in [1.82, 2.24) is 4.90 Å². The van der Waals surface area contributed by atoms with Gasteiger partial charge in [0.05, 0.1) is 10.4 Å². The van der Waals surface area contributed by atoms with Crippen molar-refractivity contribution in [3.8, 4) is 0 Å². The molecule has 0 aromatic rings. The molecule has 0 spiro atoms. The fourth-order valence-electron chi connectivity index (χ4n) is 2.64. The molecular weight excluding hydrogens is 244 g/mol. The summed E-state index contributed by atoms with van der Waals surface area (Å²) in [4.78, 5) is 14.6. The minimum Gasteiger partial charge on any atom is -0.392 e. The summed E-state index contributed by atoms with van der Waals surface area (Å²) in [7, 11) is 0. The molecule has 0 saturated carbocycles. The Morgan fingerprint density at radius 1 is 1.28 bits per heavy atom. The third-order valence-corrected chi connectivity index (χ3v) is 5.27. The van der Waals surface area contributed by atoms with Crippen LogP contribution in [-0.4, -0.2) is 28.9 Å². The highest BCUT2D eigenvalue weighted by Gasteiger charge is 2.39. The van der Waals surface area contributed by atoms with Crippen LogP contribution in [0.1, 0.15) is 53.4 Å². The zero-order valence-corrected chi connectivity index (χ0v) is 12.9. The zero-order valence-electron chi connectivity index (χ0n) is 12.1. The molecule has 4 heteroatoms. The van der Waals surface area contributed by atoms with Gasteiger partial charge in [0, 0.05) is 13.1 Å². The van der Waals surface area contributed by atoms with Crippen LogP contribution in [0.25, 0.3) is 0 Å². The molecule has 1 aliphatic rings. The van der Waals surface area contributed by atoms with Crippen LogP contribution in [0.2, 0.25) is 0 Å². The lowest BCUT2D eigenvalue weighted by molar-refractivity contribution is -0.139. The van der Waals surface area contributed by atoms with Gasteiger partial charge >= 0.3 is 0 Å². The predicted octanol–water partition coefficient (Wildman–Crippen LogP) is 2.73. The lowest BCUT2D eigenvalue weighted by atomic mass is 9.74. The van der Waals surface area contributed by atoms with E-state index in [9.17, 15) is 4.79 Å². The molecule has 1 amide bonds. The van der Waals surface area contributed by atoms with Crippen LogP contribution in [0.15, 0.2) is 0 Å². The van der Waals surface area contributed by atoms with Gasteiger partial charge in [-0.3, -0.25) is 4.79 Å². The quantitative estimate of drug-likeness (QED) is 0.799. The molecule has 0 aromatic carbocycles. The molecule has 0 bridgehead atoms. The second kappa shape index (κ2) is 5.55. The molecule has 0 radical (unpaired) electrons. The molecule has 3 nitrogen and oxygen atoms in total. The Morgan fingerprint density at radius 3 is 2.06 bits per heavy atom. The fourth-order valence-corrected chi connectivity index (χ4v) is 2.73. The molecule has 1 aliphatic heterocycles. The van der Waals surface area contributed by atoms with Gasteiger partial charge in [-0.05, 0) is 32.1 Å². The SMILES string of the molecule is CCC1(CC)CCN(C(=O)C(C)(C)C(N)=S)CC1. The van der Waals surface area contributed by atoms with Crippen molar-refractivity contribution in [2.75, 3.05) is 13.1 Å². The van der Waals surface area contributed by atoms with Crippen LogP contribution in [0, 0.1) is 10.8 Å². The normalized spacial score (nSPS) is 19.7. The summed E-state index contributed by atoms with van der Waals surface area (Å²) in [6.45, 7) is 9.82. The Kier molecular flexibility index (Phi) is 4.76. The van der Waals surface area contributed by atoms with Gasteiger partial charge in [-0.15, -0.1) is 0 Å². The Bertz CT molecular complexity index is 325. The van der Waals surface area contributed by atoms with Gasteiger partial charge in [0.2, 0.25) is 5.91 Å². The van der Waals surface area contributed by atoms with Crippen LogP contribution < -0.4 is 5.73 Å². The van der Waals surface area contributed by atoms with E-state index in [4.69, 9.17) is 18.0 Å². The van der Waals surface area contributed by atoms with Crippen LogP contribution in [0.3, 0.4) is 0 Å². The zero-order chi connectivity index (χ0) is 14.0. The van der Waals surface area contributed by atoms with E-state index in [0.717, 1.165) is 25.9 Å². The summed E-state index contributed by atoms with van der Waals surface area (Å²) in [5.41, 5.74) is 5.39. The Morgan fingerprint density at radius 2 is 1.72 bits per heavy atom. The van der Waals surface area contributed by atoms with E-state index >= 15 is 0 Å². The first-order chi connectivity index (χ1) is 8.29. The maximum atomic E-state index is 12.4. The Hall–Kier alpha value is -0.640. The largest absolute Gasteiger partial charge is 0.392 e. The predicted molar refractivity (Wildman–Crippen MR) is 79.4 cm³/mol. The van der Waals surface area contributed by atoms with Gasteiger partial charge < -0.3 is 10.6 Å². The number of amides is 1. The van der Waals surface area contributed by atoms with Crippen LogP contribution in [-0.2, 0) is 4.79 Å². The van der Waals surface area contributed by atoms with Crippen LogP contribution in [0.5, 0.6) is 0 Å². The lowest BCUT2D eigenvalue weighted by Crippen LogP contribution is -2.51. The number of hydrogen-bond acceptors (Lipinski definition) is 2. The molecule has 18 heavy (non-hydrogen) atoms. The van der Waals surface area contributed by atoms with Gasteiger partial charge in [0.1, 0.15) is 0 Å². The maximum absolute atomic E-state index is 12.4. The maximum Gasteiger partial charge on any atom is 0.235 e. The van der Waals surface area contributed by atoms with E-state index in [0.29, 0.717) is 5.41 Å². The van der Waals surface area contributed by atoms with E-state index in [1.807, 2.05) is 18.7 Å². The first-order valence-corrected chi connectivity index (χ1v) is 7.29. The minimum absolute atomic E-state index is 0.0795. The van der Waals surface area contributed by atoms with E-state index in [-0.39, 0.29) is 10.9 Å². The van der Waals surface area contributed by atoms with Crippen molar-refractivity contribution in [2.45, 2.75) is 53.4 Å². The lowest BCUT2D eigenvalue weighted by Gasteiger charge is -2.43. The third kappa shape index (κ3) is 2.85. The van der Waals surface area contributed by atoms with E-state index in [1.54, 1.807) is 0 Å².